The van der Waals surface area contributed by atoms with E-state index in [4.69, 9.17) is 14.3 Å². The van der Waals surface area contributed by atoms with Gasteiger partial charge in [-0.3, -0.25) is 4.79 Å². The highest BCUT2D eigenvalue weighted by molar-refractivity contribution is 5.97. The minimum Gasteiger partial charge on any atom is -0.469 e. The van der Waals surface area contributed by atoms with Crippen LogP contribution in [0.3, 0.4) is 0 Å². The van der Waals surface area contributed by atoms with Gasteiger partial charge in [0.2, 0.25) is 0 Å². The molecule has 22 heavy (non-hydrogen) atoms. The second-order valence-corrected chi connectivity index (χ2v) is 4.40. The molecule has 2 aromatic carbocycles. The Hall–Kier alpha value is -2.82. The molecule has 0 atom stereocenters. The fourth-order valence-corrected chi connectivity index (χ4v) is 1.92. The third-order valence-corrected chi connectivity index (χ3v) is 2.94. The Labute approximate surface area is 129 Å². The topological polar surface area (TPSA) is 57.1 Å². The fourth-order valence-electron chi connectivity index (χ4n) is 1.92. The summed E-state index contributed by atoms with van der Waals surface area (Å²) in [6.07, 6.45) is 0.132. The first kappa shape index (κ1) is 15.6. The zero-order valence-corrected chi connectivity index (χ0v) is 12.5. The van der Waals surface area contributed by atoms with Crippen molar-refractivity contribution in [1.82, 2.24) is 0 Å². The average molecular weight is 299 g/mol. The Morgan fingerprint density at radius 3 is 2.36 bits per heavy atom. The first-order valence-electron chi connectivity index (χ1n) is 6.73. The molecular formula is C17H17NO4. The quantitative estimate of drug-likeness (QED) is 0.369. The lowest BCUT2D eigenvalue weighted by molar-refractivity contribution is -0.139. The summed E-state index contributed by atoms with van der Waals surface area (Å²) in [7, 11) is 2.80. The number of rotatable bonds is 5. The van der Waals surface area contributed by atoms with Gasteiger partial charge in [0, 0.05) is 5.56 Å². The van der Waals surface area contributed by atoms with Gasteiger partial charge in [-0.25, -0.2) is 0 Å². The normalized spacial score (nSPS) is 10.9. The maximum absolute atomic E-state index is 11.5. The highest BCUT2D eigenvalue weighted by atomic mass is 16.6. The molecule has 0 aliphatic heterocycles. The summed E-state index contributed by atoms with van der Waals surface area (Å²) in [6, 6.07) is 16.6. The molecule has 5 heteroatoms. The van der Waals surface area contributed by atoms with E-state index in [9.17, 15) is 4.79 Å². The lowest BCUT2D eigenvalue weighted by atomic mass is 10.0. The molecular weight excluding hydrogens is 282 g/mol. The maximum Gasteiger partial charge on any atom is 0.310 e. The number of hydrogen-bond donors (Lipinski definition) is 0. The highest BCUT2D eigenvalue weighted by Gasteiger charge is 2.15. The zero-order chi connectivity index (χ0) is 15.8. The van der Waals surface area contributed by atoms with Crippen LogP contribution < -0.4 is 4.74 Å². The third kappa shape index (κ3) is 4.09. The van der Waals surface area contributed by atoms with Crippen LogP contribution >= 0.6 is 0 Å². The third-order valence-electron chi connectivity index (χ3n) is 2.94. The van der Waals surface area contributed by atoms with Crippen molar-refractivity contribution in [1.29, 1.82) is 0 Å². The van der Waals surface area contributed by atoms with Gasteiger partial charge in [0.05, 0.1) is 13.5 Å². The first-order chi connectivity index (χ1) is 10.7. The van der Waals surface area contributed by atoms with E-state index in [-0.39, 0.29) is 18.3 Å². The Morgan fingerprint density at radius 2 is 1.68 bits per heavy atom. The molecule has 114 valence electrons. The molecule has 0 heterocycles. The number of para-hydroxylation sites is 1. The SMILES string of the molecule is CO/N=C(/Oc1ccccc1)c1ccccc1CC(=O)OC. The van der Waals surface area contributed by atoms with Crippen LogP contribution in [-0.2, 0) is 20.8 Å². The van der Waals surface area contributed by atoms with E-state index in [1.807, 2.05) is 54.6 Å². The van der Waals surface area contributed by atoms with Crippen LogP contribution in [0.4, 0.5) is 0 Å². The summed E-state index contributed by atoms with van der Waals surface area (Å²) < 4.78 is 10.5. The summed E-state index contributed by atoms with van der Waals surface area (Å²) >= 11 is 0. The molecule has 0 saturated heterocycles. The lowest BCUT2D eigenvalue weighted by Gasteiger charge is -2.12. The molecule has 0 spiro atoms. The van der Waals surface area contributed by atoms with Crippen molar-refractivity contribution in [2.24, 2.45) is 5.16 Å². The van der Waals surface area contributed by atoms with Gasteiger partial charge in [-0.1, -0.05) is 36.4 Å². The molecule has 0 radical (unpaired) electrons. The van der Waals surface area contributed by atoms with Gasteiger partial charge in [-0.2, -0.15) is 0 Å². The molecule has 0 aromatic heterocycles. The van der Waals surface area contributed by atoms with Crippen LogP contribution in [0.2, 0.25) is 0 Å². The van der Waals surface area contributed by atoms with E-state index in [1.54, 1.807) is 0 Å². The van der Waals surface area contributed by atoms with Crippen molar-refractivity contribution in [3.8, 4) is 5.75 Å². The smallest absolute Gasteiger partial charge is 0.310 e. The molecule has 0 N–H and O–H groups in total. The Morgan fingerprint density at radius 1 is 1.00 bits per heavy atom. The van der Waals surface area contributed by atoms with Crippen LogP contribution in [-0.4, -0.2) is 26.1 Å². The fraction of sp³-hybridized carbons (Fsp3) is 0.176. The van der Waals surface area contributed by atoms with Gasteiger partial charge >= 0.3 is 5.97 Å². The number of carbonyl (C=O) groups excluding carboxylic acids is 1. The van der Waals surface area contributed by atoms with E-state index in [1.165, 1.54) is 14.2 Å². The molecule has 5 nitrogen and oxygen atoms in total. The molecule has 0 aliphatic rings. The molecule has 0 bridgehead atoms. The predicted molar refractivity (Wildman–Crippen MR) is 82.8 cm³/mol. The van der Waals surface area contributed by atoms with Gasteiger partial charge in [0.25, 0.3) is 5.90 Å². The van der Waals surface area contributed by atoms with Crippen LogP contribution in [0.15, 0.2) is 59.8 Å². The van der Waals surface area contributed by atoms with Crippen LogP contribution in [0.5, 0.6) is 5.75 Å². The van der Waals surface area contributed by atoms with Crippen molar-refractivity contribution >= 4 is 11.9 Å². The number of benzene rings is 2. The van der Waals surface area contributed by atoms with Crippen molar-refractivity contribution in [2.45, 2.75) is 6.42 Å². The maximum atomic E-state index is 11.5. The summed E-state index contributed by atoms with van der Waals surface area (Å²) in [5.74, 6) is 0.586. The van der Waals surface area contributed by atoms with E-state index >= 15 is 0 Å². The van der Waals surface area contributed by atoms with Gasteiger partial charge in [0.1, 0.15) is 12.9 Å². The molecule has 2 rings (SSSR count). The monoisotopic (exact) mass is 299 g/mol. The second kappa shape index (κ2) is 7.83. The lowest BCUT2D eigenvalue weighted by Crippen LogP contribution is -2.15. The number of oxime groups is 1. The molecule has 0 aliphatic carbocycles. The predicted octanol–water partition coefficient (Wildman–Crippen LogP) is 2.79. The van der Waals surface area contributed by atoms with E-state index in [0.717, 1.165) is 5.56 Å². The van der Waals surface area contributed by atoms with Crippen LogP contribution in [0.25, 0.3) is 0 Å². The van der Waals surface area contributed by atoms with Crippen LogP contribution in [0, 0.1) is 0 Å². The Bertz CT molecular complexity index is 653. The molecule has 0 fully saturated rings. The van der Waals surface area contributed by atoms with E-state index in [2.05, 4.69) is 5.16 Å². The van der Waals surface area contributed by atoms with E-state index in [0.29, 0.717) is 11.3 Å². The summed E-state index contributed by atoms with van der Waals surface area (Å²) in [6.45, 7) is 0. The standard InChI is InChI=1S/C17H17NO4/c1-20-16(19)12-13-8-6-7-11-15(13)17(18-21-2)22-14-9-4-3-5-10-14/h3-11H,12H2,1-2H3/b18-17+. The number of methoxy groups -OCH3 is 1. The molecule has 2 aromatic rings. The van der Waals surface area contributed by atoms with Gasteiger partial charge < -0.3 is 14.3 Å². The van der Waals surface area contributed by atoms with Crippen molar-refractivity contribution in [2.75, 3.05) is 14.2 Å². The molecule has 0 amide bonds. The van der Waals surface area contributed by atoms with Crippen molar-refractivity contribution in [3.05, 3.63) is 65.7 Å². The first-order valence-corrected chi connectivity index (χ1v) is 6.73. The Balaban J connectivity index is 2.33. The number of ether oxygens (including phenoxy) is 2. The van der Waals surface area contributed by atoms with E-state index < -0.39 is 0 Å². The number of hydrogen-bond acceptors (Lipinski definition) is 5. The molecule has 0 unspecified atom stereocenters. The number of esters is 1. The summed E-state index contributed by atoms with van der Waals surface area (Å²) in [5, 5.41) is 3.93. The largest absolute Gasteiger partial charge is 0.469 e. The van der Waals surface area contributed by atoms with Crippen molar-refractivity contribution in [3.63, 3.8) is 0 Å². The average Bonchev–Trinajstić information content (AvgIpc) is 2.56. The summed E-state index contributed by atoms with van der Waals surface area (Å²) in [4.78, 5) is 16.4. The summed E-state index contributed by atoms with van der Waals surface area (Å²) in [5.41, 5.74) is 1.43. The number of nitrogens with zero attached hydrogens (tertiary/aromatic N) is 1. The minimum atomic E-state index is -0.330. The van der Waals surface area contributed by atoms with Gasteiger partial charge in [-0.05, 0) is 28.9 Å². The van der Waals surface area contributed by atoms with Crippen molar-refractivity contribution < 1.29 is 19.1 Å². The van der Waals surface area contributed by atoms with Gasteiger partial charge in [-0.15, -0.1) is 0 Å². The number of carbonyl (C=O) groups is 1. The highest BCUT2D eigenvalue weighted by Crippen LogP contribution is 2.16. The molecule has 0 saturated carbocycles. The van der Waals surface area contributed by atoms with Crippen LogP contribution in [0.1, 0.15) is 11.1 Å². The minimum absolute atomic E-state index is 0.132. The van der Waals surface area contributed by atoms with Gasteiger partial charge in [0.15, 0.2) is 0 Å². The second-order valence-electron chi connectivity index (χ2n) is 4.40. The Kier molecular flexibility index (Phi) is 5.54. The zero-order valence-electron chi connectivity index (χ0n) is 12.5.